The van der Waals surface area contributed by atoms with Crippen molar-refractivity contribution in [3.05, 3.63) is 26.4 Å². The lowest BCUT2D eigenvalue weighted by Gasteiger charge is -1.97. The Kier molecular flexibility index (Phi) is 2.00. The number of aryl methyl sites for hydroxylation is 1. The van der Waals surface area contributed by atoms with Crippen LogP contribution in [-0.4, -0.2) is 10.2 Å². The molecule has 2 nitrogen and oxygen atoms in total. The van der Waals surface area contributed by atoms with Crippen LogP contribution < -0.4 is 0 Å². The number of aromatic amines is 1. The molecule has 4 heteroatoms. The zero-order valence-electron chi connectivity index (χ0n) is 6.36. The van der Waals surface area contributed by atoms with Crippen LogP contribution in [0.25, 0.3) is 10.9 Å². The predicted octanol–water partition coefficient (Wildman–Crippen LogP) is 3.13. The summed E-state index contributed by atoms with van der Waals surface area (Å²) in [5.74, 6) is 0. The lowest BCUT2D eigenvalue weighted by molar-refractivity contribution is 1.12. The smallest absolute Gasteiger partial charge is 0.133 e. The molecule has 0 aliphatic heterocycles. The van der Waals surface area contributed by atoms with Crippen LogP contribution in [0.15, 0.2) is 12.1 Å². The van der Waals surface area contributed by atoms with Gasteiger partial charge in [-0.2, -0.15) is 5.10 Å². The van der Waals surface area contributed by atoms with E-state index in [9.17, 15) is 0 Å². The maximum Gasteiger partial charge on any atom is 0.133 e. The third kappa shape index (κ3) is 1.11. The van der Waals surface area contributed by atoms with E-state index in [1.165, 1.54) is 9.13 Å². The van der Waals surface area contributed by atoms with Crippen molar-refractivity contribution in [2.75, 3.05) is 0 Å². The molecule has 0 saturated heterocycles. The number of benzene rings is 1. The number of fused-ring (bicyclic) bond motifs is 1. The molecule has 0 aliphatic rings. The molecule has 1 aromatic heterocycles. The van der Waals surface area contributed by atoms with E-state index < -0.39 is 0 Å². The van der Waals surface area contributed by atoms with Crippen LogP contribution in [0.4, 0.5) is 0 Å². The Morgan fingerprint density at radius 3 is 3.00 bits per heavy atom. The molecule has 1 aromatic carbocycles. The van der Waals surface area contributed by atoms with Gasteiger partial charge in [-0.15, -0.1) is 0 Å². The van der Waals surface area contributed by atoms with Gasteiger partial charge in [0, 0.05) is 3.57 Å². The molecule has 2 rings (SSSR count). The summed E-state index contributed by atoms with van der Waals surface area (Å²) >= 11 is 8.21. The lowest BCUT2D eigenvalue weighted by atomic mass is 10.2. The molecule has 12 heavy (non-hydrogen) atoms. The van der Waals surface area contributed by atoms with Gasteiger partial charge in [0.05, 0.1) is 10.9 Å². The summed E-state index contributed by atoms with van der Waals surface area (Å²) < 4.78 is 1.17. The molecule has 0 amide bonds. The Morgan fingerprint density at radius 2 is 2.25 bits per heavy atom. The van der Waals surface area contributed by atoms with Crippen LogP contribution in [-0.2, 0) is 0 Å². The van der Waals surface area contributed by atoms with Gasteiger partial charge in [-0.1, -0.05) is 17.7 Å². The zero-order valence-corrected chi connectivity index (χ0v) is 9.27. The van der Waals surface area contributed by atoms with E-state index >= 15 is 0 Å². The fourth-order valence-electron chi connectivity index (χ4n) is 1.14. The van der Waals surface area contributed by atoms with Crippen molar-refractivity contribution >= 4 is 45.1 Å². The predicted molar refractivity (Wildman–Crippen MR) is 58.6 cm³/mol. The summed E-state index contributed by atoms with van der Waals surface area (Å²) in [6.45, 7) is 2.06. The molecule has 1 heterocycles. The van der Waals surface area contributed by atoms with E-state index in [2.05, 4.69) is 39.7 Å². The van der Waals surface area contributed by atoms with Crippen molar-refractivity contribution in [3.63, 3.8) is 0 Å². The van der Waals surface area contributed by atoms with Crippen LogP contribution in [0.2, 0.25) is 5.15 Å². The molecule has 0 aliphatic carbocycles. The summed E-state index contributed by atoms with van der Waals surface area (Å²) in [5.41, 5.74) is 2.15. The number of halogens is 2. The second-order valence-corrected chi connectivity index (χ2v) is 4.08. The van der Waals surface area contributed by atoms with Gasteiger partial charge < -0.3 is 0 Å². The number of aromatic nitrogens is 2. The summed E-state index contributed by atoms with van der Waals surface area (Å²) in [5, 5.41) is 8.46. The topological polar surface area (TPSA) is 28.7 Å². The van der Waals surface area contributed by atoms with Gasteiger partial charge in [-0.3, -0.25) is 5.10 Å². The fourth-order valence-corrected chi connectivity index (χ4v) is 2.26. The Hall–Kier alpha value is -0.290. The highest BCUT2D eigenvalue weighted by molar-refractivity contribution is 14.1. The quantitative estimate of drug-likeness (QED) is 0.743. The molecule has 62 valence electrons. The van der Waals surface area contributed by atoms with E-state index in [0.717, 1.165) is 10.9 Å². The maximum absolute atomic E-state index is 5.93. The summed E-state index contributed by atoms with van der Waals surface area (Å²) in [6.07, 6.45) is 0. The van der Waals surface area contributed by atoms with Crippen molar-refractivity contribution in [2.24, 2.45) is 0 Å². The second kappa shape index (κ2) is 2.88. The third-order valence-electron chi connectivity index (χ3n) is 1.81. The van der Waals surface area contributed by atoms with Crippen molar-refractivity contribution in [2.45, 2.75) is 6.92 Å². The zero-order chi connectivity index (χ0) is 8.72. The molecule has 0 spiro atoms. The first-order valence-corrected chi connectivity index (χ1v) is 4.94. The van der Waals surface area contributed by atoms with Crippen molar-refractivity contribution < 1.29 is 0 Å². The standard InChI is InChI=1S/C8H6ClIN2/c1-4-2-3-5-6(7(4)10)8(9)12-11-5/h2-3H,1H3,(H,11,12). The number of nitrogens with zero attached hydrogens (tertiary/aromatic N) is 1. The Morgan fingerprint density at radius 1 is 1.50 bits per heavy atom. The highest BCUT2D eigenvalue weighted by Crippen LogP contribution is 2.27. The second-order valence-electron chi connectivity index (χ2n) is 2.63. The number of hydrogen-bond acceptors (Lipinski definition) is 1. The van der Waals surface area contributed by atoms with Crippen molar-refractivity contribution in [1.82, 2.24) is 10.2 Å². The first-order valence-electron chi connectivity index (χ1n) is 3.49. The Bertz CT molecular complexity index is 436. The van der Waals surface area contributed by atoms with Crippen LogP contribution in [0.5, 0.6) is 0 Å². The fraction of sp³-hybridized carbons (Fsp3) is 0.125. The number of hydrogen-bond donors (Lipinski definition) is 1. The lowest BCUT2D eigenvalue weighted by Crippen LogP contribution is -1.80. The molecule has 0 atom stereocenters. The van der Waals surface area contributed by atoms with Gasteiger partial charge in [0.2, 0.25) is 0 Å². The third-order valence-corrected chi connectivity index (χ3v) is 3.47. The van der Waals surface area contributed by atoms with Crippen molar-refractivity contribution in [3.8, 4) is 0 Å². The molecule has 1 N–H and O–H groups in total. The van der Waals surface area contributed by atoms with Gasteiger partial charge in [-0.25, -0.2) is 0 Å². The SMILES string of the molecule is Cc1ccc2n[nH]c(Cl)c2c1I. The van der Waals surface area contributed by atoms with Crippen molar-refractivity contribution in [1.29, 1.82) is 0 Å². The highest BCUT2D eigenvalue weighted by atomic mass is 127. The first-order chi connectivity index (χ1) is 5.70. The minimum Gasteiger partial charge on any atom is -0.266 e. The number of H-pyrrole nitrogens is 1. The molecule has 0 saturated carbocycles. The summed E-state index contributed by atoms with van der Waals surface area (Å²) in [6, 6.07) is 4.01. The van der Waals surface area contributed by atoms with Crippen LogP contribution in [0.3, 0.4) is 0 Å². The number of nitrogens with one attached hydrogen (secondary N) is 1. The Balaban J connectivity index is 2.96. The monoisotopic (exact) mass is 292 g/mol. The maximum atomic E-state index is 5.93. The molecule has 0 fully saturated rings. The molecule has 0 radical (unpaired) electrons. The van der Waals surface area contributed by atoms with Crippen LogP contribution in [0, 0.1) is 10.5 Å². The average molecular weight is 293 g/mol. The minimum atomic E-state index is 0.623. The van der Waals surface area contributed by atoms with Gasteiger partial charge in [-0.05, 0) is 41.1 Å². The molecular weight excluding hydrogens is 286 g/mol. The van der Waals surface area contributed by atoms with Crippen LogP contribution >= 0.6 is 34.2 Å². The van der Waals surface area contributed by atoms with E-state index in [-0.39, 0.29) is 0 Å². The van der Waals surface area contributed by atoms with E-state index in [1.807, 2.05) is 12.1 Å². The number of rotatable bonds is 0. The summed E-state index contributed by atoms with van der Waals surface area (Å²) in [4.78, 5) is 0. The van der Waals surface area contributed by atoms with Gasteiger partial charge in [0.1, 0.15) is 5.15 Å². The van der Waals surface area contributed by atoms with E-state index in [4.69, 9.17) is 11.6 Å². The average Bonchev–Trinajstić information content (AvgIpc) is 2.41. The molecular formula is C8H6ClIN2. The van der Waals surface area contributed by atoms with E-state index in [0.29, 0.717) is 5.15 Å². The minimum absolute atomic E-state index is 0.623. The van der Waals surface area contributed by atoms with Gasteiger partial charge in [0.15, 0.2) is 0 Å². The van der Waals surface area contributed by atoms with E-state index in [1.54, 1.807) is 0 Å². The molecule has 0 unspecified atom stereocenters. The summed E-state index contributed by atoms with van der Waals surface area (Å²) in [7, 11) is 0. The Labute approximate surface area is 88.4 Å². The normalized spacial score (nSPS) is 10.9. The van der Waals surface area contributed by atoms with Gasteiger partial charge >= 0.3 is 0 Å². The largest absolute Gasteiger partial charge is 0.266 e. The molecule has 0 bridgehead atoms. The highest BCUT2D eigenvalue weighted by Gasteiger charge is 2.07. The molecule has 2 aromatic rings. The first kappa shape index (κ1) is 8.31. The van der Waals surface area contributed by atoms with Crippen LogP contribution in [0.1, 0.15) is 5.56 Å². The van der Waals surface area contributed by atoms with Gasteiger partial charge in [0.25, 0.3) is 0 Å².